The Morgan fingerprint density at radius 2 is 1.52 bits per heavy atom. The number of nitrogens with zero attached hydrogens (tertiary/aromatic N) is 2. The van der Waals surface area contributed by atoms with E-state index in [1.165, 1.54) is 24.3 Å². The highest BCUT2D eigenvalue weighted by Gasteiger charge is 2.62. The molecule has 0 radical (unpaired) electrons. The van der Waals surface area contributed by atoms with Crippen molar-refractivity contribution >= 4 is 17.3 Å². The van der Waals surface area contributed by atoms with Crippen LogP contribution in [0, 0.1) is 5.41 Å². The summed E-state index contributed by atoms with van der Waals surface area (Å²) in [6, 6.07) is 18.2. The predicted octanol–water partition coefficient (Wildman–Crippen LogP) is 4.55. The molecule has 5 heteroatoms. The van der Waals surface area contributed by atoms with Crippen LogP contribution in [0.3, 0.4) is 0 Å². The van der Waals surface area contributed by atoms with Crippen LogP contribution in [0.2, 0.25) is 0 Å². The lowest BCUT2D eigenvalue weighted by Gasteiger charge is -2.28. The number of carbonyl (C=O) groups excluding carboxylic acids is 1. The van der Waals surface area contributed by atoms with Crippen molar-refractivity contribution in [1.29, 1.82) is 0 Å². The first kappa shape index (κ1) is 17.3. The smallest absolute Gasteiger partial charge is 0.318 e. The van der Waals surface area contributed by atoms with Crippen LogP contribution >= 0.6 is 0 Å². The van der Waals surface area contributed by atoms with Crippen molar-refractivity contribution in [2.75, 3.05) is 6.54 Å². The van der Waals surface area contributed by atoms with Gasteiger partial charge in [0.25, 0.3) is 0 Å². The predicted molar refractivity (Wildman–Crippen MR) is 101 cm³/mol. The van der Waals surface area contributed by atoms with Crippen LogP contribution in [0.25, 0.3) is 0 Å². The number of rotatable bonds is 3. The van der Waals surface area contributed by atoms with Crippen LogP contribution in [0.1, 0.15) is 5.56 Å². The van der Waals surface area contributed by atoms with Gasteiger partial charge < -0.3 is 4.90 Å². The molecule has 1 fully saturated rings. The first-order chi connectivity index (χ1) is 13.0. The molecule has 1 saturated heterocycles. The van der Waals surface area contributed by atoms with Gasteiger partial charge in [0.05, 0.1) is 11.1 Å². The minimum absolute atomic E-state index is 0.0564. The van der Waals surface area contributed by atoms with E-state index in [0.29, 0.717) is 12.2 Å². The molecule has 1 aliphatic heterocycles. The number of allylic oxidation sites excluding steroid dienone is 2. The molecule has 2 aromatic rings. The highest BCUT2D eigenvalue weighted by atomic mass is 19.3. The van der Waals surface area contributed by atoms with Crippen LogP contribution in [0.15, 0.2) is 90.0 Å². The van der Waals surface area contributed by atoms with Crippen molar-refractivity contribution in [2.45, 2.75) is 12.5 Å². The van der Waals surface area contributed by atoms with Crippen molar-refractivity contribution in [3.8, 4) is 0 Å². The second-order valence-corrected chi connectivity index (χ2v) is 6.80. The average molecular weight is 364 g/mol. The Balaban J connectivity index is 1.78. The summed E-state index contributed by atoms with van der Waals surface area (Å²) in [5.41, 5.74) is -0.170. The standard InChI is InChI=1S/C22H18F2N2O/c23-22(24)20(25-18-9-5-2-6-10-18)26(15-17-7-3-1-4-8-17)16-21(22)13-11-19(27)12-14-21/h1-14H,15-16H2. The van der Waals surface area contributed by atoms with Gasteiger partial charge in [0.15, 0.2) is 11.6 Å². The first-order valence-corrected chi connectivity index (χ1v) is 8.74. The van der Waals surface area contributed by atoms with E-state index in [2.05, 4.69) is 4.99 Å². The lowest BCUT2D eigenvalue weighted by molar-refractivity contribution is -0.110. The third kappa shape index (κ3) is 3.10. The highest BCUT2D eigenvalue weighted by Crippen LogP contribution is 2.49. The minimum atomic E-state index is -3.23. The van der Waals surface area contributed by atoms with E-state index in [1.54, 1.807) is 29.2 Å². The topological polar surface area (TPSA) is 32.7 Å². The van der Waals surface area contributed by atoms with Crippen LogP contribution < -0.4 is 0 Å². The molecule has 1 aliphatic carbocycles. The normalized spacial score (nSPS) is 21.3. The number of aliphatic imine (C=N–C) groups is 1. The number of ketones is 1. The van der Waals surface area contributed by atoms with Gasteiger partial charge in [0.2, 0.25) is 0 Å². The summed E-state index contributed by atoms with van der Waals surface area (Å²) in [6.45, 7) is 0.375. The number of hydrogen-bond donors (Lipinski definition) is 0. The molecule has 1 heterocycles. The molecular formula is C22H18F2N2O. The van der Waals surface area contributed by atoms with Gasteiger partial charge in [-0.1, -0.05) is 60.7 Å². The Hall–Kier alpha value is -3.08. The SMILES string of the molecule is O=C1C=CC2(C=C1)CN(Cc1ccccc1)C(=Nc1ccccc1)C2(F)F. The summed E-state index contributed by atoms with van der Waals surface area (Å²) in [5.74, 6) is -3.79. The maximum atomic E-state index is 15.5. The molecule has 3 nitrogen and oxygen atoms in total. The zero-order valence-corrected chi connectivity index (χ0v) is 14.6. The van der Waals surface area contributed by atoms with E-state index in [4.69, 9.17) is 0 Å². The fraction of sp³-hybridized carbons (Fsp3) is 0.182. The molecule has 0 amide bonds. The fourth-order valence-electron chi connectivity index (χ4n) is 3.48. The molecule has 2 aromatic carbocycles. The number of amidine groups is 1. The number of alkyl halides is 2. The van der Waals surface area contributed by atoms with Gasteiger partial charge in [-0.3, -0.25) is 4.79 Å². The molecule has 0 bridgehead atoms. The lowest BCUT2D eigenvalue weighted by atomic mass is 9.80. The second-order valence-electron chi connectivity index (χ2n) is 6.80. The highest BCUT2D eigenvalue weighted by molar-refractivity contribution is 6.02. The van der Waals surface area contributed by atoms with Gasteiger partial charge in [-0.15, -0.1) is 0 Å². The molecule has 0 aromatic heterocycles. The molecule has 1 spiro atoms. The average Bonchev–Trinajstić information content (AvgIpc) is 2.87. The molecule has 4 rings (SSSR count). The molecule has 0 N–H and O–H groups in total. The molecule has 2 aliphatic rings. The minimum Gasteiger partial charge on any atom is -0.349 e. The largest absolute Gasteiger partial charge is 0.349 e. The van der Waals surface area contributed by atoms with Crippen molar-refractivity contribution in [3.05, 3.63) is 90.5 Å². The Morgan fingerprint density at radius 3 is 2.15 bits per heavy atom. The quantitative estimate of drug-likeness (QED) is 0.800. The molecule has 0 saturated carbocycles. The van der Waals surface area contributed by atoms with E-state index < -0.39 is 11.3 Å². The van der Waals surface area contributed by atoms with E-state index in [0.717, 1.165) is 5.56 Å². The van der Waals surface area contributed by atoms with Gasteiger partial charge in [-0.25, -0.2) is 4.99 Å². The van der Waals surface area contributed by atoms with E-state index in [9.17, 15) is 4.79 Å². The van der Waals surface area contributed by atoms with Gasteiger partial charge in [-0.05, 0) is 29.8 Å². The van der Waals surface area contributed by atoms with Gasteiger partial charge in [0.1, 0.15) is 0 Å². The maximum absolute atomic E-state index is 15.5. The van der Waals surface area contributed by atoms with Crippen LogP contribution in [0.5, 0.6) is 0 Å². The van der Waals surface area contributed by atoms with Crippen molar-refractivity contribution in [1.82, 2.24) is 4.90 Å². The number of benzene rings is 2. The summed E-state index contributed by atoms with van der Waals surface area (Å²) >= 11 is 0. The zero-order valence-electron chi connectivity index (χ0n) is 14.6. The Bertz CT molecular complexity index is 917. The monoisotopic (exact) mass is 364 g/mol. The molecule has 0 atom stereocenters. The third-order valence-electron chi connectivity index (χ3n) is 4.91. The molecule has 136 valence electrons. The Morgan fingerprint density at radius 1 is 0.926 bits per heavy atom. The van der Waals surface area contributed by atoms with Gasteiger partial charge in [-0.2, -0.15) is 8.78 Å². The third-order valence-corrected chi connectivity index (χ3v) is 4.91. The van der Waals surface area contributed by atoms with E-state index in [-0.39, 0.29) is 18.2 Å². The summed E-state index contributed by atoms with van der Waals surface area (Å²) in [4.78, 5) is 17.4. The molecule has 27 heavy (non-hydrogen) atoms. The molecular weight excluding hydrogens is 346 g/mol. The van der Waals surface area contributed by atoms with E-state index >= 15 is 8.78 Å². The lowest BCUT2D eigenvalue weighted by Crippen LogP contribution is -2.41. The number of halogens is 2. The van der Waals surface area contributed by atoms with Crippen LogP contribution in [-0.2, 0) is 11.3 Å². The van der Waals surface area contributed by atoms with Crippen LogP contribution in [-0.4, -0.2) is 29.0 Å². The number of likely N-dealkylation sites (tertiary alicyclic amines) is 1. The summed E-state index contributed by atoms with van der Waals surface area (Å²) in [7, 11) is 0. The Kier molecular flexibility index (Phi) is 4.22. The zero-order chi connectivity index (χ0) is 18.9. The number of carbonyl (C=O) groups is 1. The summed E-state index contributed by atoms with van der Waals surface area (Å²) < 4.78 is 31.1. The van der Waals surface area contributed by atoms with Crippen molar-refractivity contribution < 1.29 is 13.6 Å². The summed E-state index contributed by atoms with van der Waals surface area (Å²) in [5, 5.41) is 0. The van der Waals surface area contributed by atoms with E-state index in [1.807, 2.05) is 36.4 Å². The number of para-hydroxylation sites is 1. The fourth-order valence-corrected chi connectivity index (χ4v) is 3.48. The van der Waals surface area contributed by atoms with Crippen LogP contribution in [0.4, 0.5) is 14.5 Å². The van der Waals surface area contributed by atoms with Crippen molar-refractivity contribution in [2.24, 2.45) is 10.4 Å². The Labute approximate surface area is 156 Å². The van der Waals surface area contributed by atoms with Gasteiger partial charge in [0, 0.05) is 13.1 Å². The van der Waals surface area contributed by atoms with Gasteiger partial charge >= 0.3 is 5.92 Å². The molecule has 0 unspecified atom stereocenters. The maximum Gasteiger partial charge on any atom is 0.318 e. The number of hydrogen-bond acceptors (Lipinski definition) is 2. The van der Waals surface area contributed by atoms with Crippen molar-refractivity contribution in [3.63, 3.8) is 0 Å². The summed E-state index contributed by atoms with van der Waals surface area (Å²) in [6.07, 6.45) is 5.09. The second kappa shape index (κ2) is 6.58. The first-order valence-electron chi connectivity index (χ1n) is 8.74.